The minimum absolute atomic E-state index is 0. The number of benzene rings is 3. The summed E-state index contributed by atoms with van der Waals surface area (Å²) in [4.78, 5) is 33.8. The normalized spacial score (nSPS) is 17.5. The van der Waals surface area contributed by atoms with E-state index in [0.717, 1.165) is 0 Å². The molecule has 0 bridgehead atoms. The number of hydrogen-bond acceptors (Lipinski definition) is 13. The van der Waals surface area contributed by atoms with Crippen molar-refractivity contribution in [2.75, 3.05) is 21.1 Å². The van der Waals surface area contributed by atoms with E-state index in [-0.39, 0.29) is 52.7 Å². The SMILES string of the molecule is CC1(C)OB(B2OC(C)(C)C(C)(C)O2)OC1(C)C.CNC(=O)c1ccc(-c2ccc(Cl)nn2)cc1F.CNC(=O)c1ccc(B2OC(C)(C)C(C)(C)O2)cc1F.CNC(=O)c1ccc(Br)cc1F.Clc1ccc(Cl)nn1.[B]. The minimum Gasteiger partial charge on any atom is -0.405 e. The molecule has 3 aliphatic rings. The molecule has 0 saturated carbocycles. The Bertz CT molecular complexity index is 2750. The monoisotopic (exact) mass is 1190 g/mol. The zero-order valence-corrected chi connectivity index (χ0v) is 49.3. The van der Waals surface area contributed by atoms with Crippen molar-refractivity contribution < 1.29 is 55.5 Å². The second-order valence-corrected chi connectivity index (χ2v) is 22.1. The maximum Gasteiger partial charge on any atom is 0.494 e. The van der Waals surface area contributed by atoms with E-state index in [0.29, 0.717) is 31.5 Å². The molecule has 5 aromatic rings. The number of carbonyl (C=O) groups excluding carboxylic acids is 3. The molecule has 16 nitrogen and oxygen atoms in total. The van der Waals surface area contributed by atoms with Crippen molar-refractivity contribution in [2.45, 2.75) is 117 Å². The molecule has 0 unspecified atom stereocenters. The van der Waals surface area contributed by atoms with Crippen LogP contribution in [0.15, 0.2) is 83.3 Å². The first kappa shape index (κ1) is 66.7. The number of nitrogens with one attached hydrogen (secondary N) is 3. The number of amides is 3. The van der Waals surface area contributed by atoms with Crippen LogP contribution in [0, 0.1) is 17.5 Å². The van der Waals surface area contributed by atoms with E-state index in [9.17, 15) is 27.6 Å². The van der Waals surface area contributed by atoms with Gasteiger partial charge in [-0.05, 0) is 155 Å². The largest absolute Gasteiger partial charge is 0.494 e. The van der Waals surface area contributed by atoms with Gasteiger partial charge in [-0.25, -0.2) is 13.2 Å². The molecule has 0 atom stereocenters. The summed E-state index contributed by atoms with van der Waals surface area (Å²) in [5.74, 6) is -3.06. The van der Waals surface area contributed by atoms with Crippen molar-refractivity contribution in [3.8, 4) is 11.3 Å². The van der Waals surface area contributed by atoms with Gasteiger partial charge in [-0.2, -0.15) is 0 Å². The summed E-state index contributed by atoms with van der Waals surface area (Å²) >= 11 is 19.5. The molecule has 411 valence electrons. The molecule has 3 amide bonds. The van der Waals surface area contributed by atoms with Crippen LogP contribution in [-0.4, -0.2) is 122 Å². The average Bonchev–Trinajstić information content (AvgIpc) is 3.82. The first-order valence-electron chi connectivity index (χ1n) is 23.5. The number of nitrogens with zero attached hydrogens (tertiary/aromatic N) is 4. The second kappa shape index (κ2) is 27.0. The quantitative estimate of drug-likeness (QED) is 0.136. The number of hydrogen-bond donors (Lipinski definition) is 3. The van der Waals surface area contributed by atoms with Gasteiger partial charge in [0.25, 0.3) is 17.7 Å². The first-order valence-corrected chi connectivity index (χ1v) is 25.5. The molecule has 0 spiro atoms. The lowest BCUT2D eigenvalue weighted by molar-refractivity contribution is 0.00578. The van der Waals surface area contributed by atoms with Crippen LogP contribution in [-0.2, 0) is 27.9 Å². The topological polar surface area (TPSA) is 194 Å². The van der Waals surface area contributed by atoms with Crippen LogP contribution in [0.2, 0.25) is 15.5 Å². The maximum absolute atomic E-state index is 14.0. The van der Waals surface area contributed by atoms with Crippen molar-refractivity contribution in [3.05, 3.63) is 133 Å². The summed E-state index contributed by atoms with van der Waals surface area (Å²) in [5.41, 5.74) is -0.761. The number of carbonyl (C=O) groups is 3. The Morgan fingerprint density at radius 3 is 1.12 bits per heavy atom. The number of rotatable bonds is 6. The average molecular weight is 1190 g/mol. The fourth-order valence-corrected chi connectivity index (χ4v) is 7.18. The molecule has 5 heterocycles. The molecule has 0 aliphatic carbocycles. The van der Waals surface area contributed by atoms with E-state index in [4.69, 9.17) is 62.7 Å². The van der Waals surface area contributed by atoms with Gasteiger partial charge in [-0.3, -0.25) is 14.4 Å². The van der Waals surface area contributed by atoms with Gasteiger partial charge in [0.15, 0.2) is 15.5 Å². The lowest BCUT2D eigenvalue weighted by Crippen LogP contribution is -2.41. The molecule has 3 aliphatic heterocycles. The van der Waals surface area contributed by atoms with Crippen LogP contribution in [0.1, 0.15) is 114 Å². The highest BCUT2D eigenvalue weighted by molar-refractivity contribution is 9.10. The summed E-state index contributed by atoms with van der Waals surface area (Å²) in [7, 11) is 2.79. The van der Waals surface area contributed by atoms with Crippen molar-refractivity contribution in [1.82, 2.24) is 36.3 Å². The van der Waals surface area contributed by atoms with Crippen LogP contribution in [0.25, 0.3) is 11.3 Å². The summed E-state index contributed by atoms with van der Waals surface area (Å²) in [6, 6.07) is 19.3. The van der Waals surface area contributed by atoms with E-state index in [2.05, 4.69) is 52.3 Å². The van der Waals surface area contributed by atoms with Crippen LogP contribution in [0.5, 0.6) is 0 Å². The Morgan fingerprint density at radius 2 is 0.792 bits per heavy atom. The van der Waals surface area contributed by atoms with Gasteiger partial charge in [0.05, 0.1) is 56.0 Å². The predicted molar refractivity (Wildman–Crippen MR) is 299 cm³/mol. The van der Waals surface area contributed by atoms with Crippen molar-refractivity contribution in [3.63, 3.8) is 0 Å². The molecule has 3 N–H and O–H groups in total. The highest BCUT2D eigenvalue weighted by Gasteiger charge is 2.63. The molecule has 27 heteroatoms. The molecular weight excluding hydrogens is 1130 g/mol. The van der Waals surface area contributed by atoms with E-state index in [1.165, 1.54) is 57.5 Å². The molecule has 3 radical (unpaired) electrons. The smallest absolute Gasteiger partial charge is 0.405 e. The second-order valence-electron chi connectivity index (χ2n) is 20.1. The zero-order valence-electron chi connectivity index (χ0n) is 45.4. The van der Waals surface area contributed by atoms with E-state index in [1.807, 2.05) is 83.1 Å². The molecule has 3 aromatic carbocycles. The summed E-state index contributed by atoms with van der Waals surface area (Å²) in [6.45, 7) is 23.9. The highest BCUT2D eigenvalue weighted by Crippen LogP contribution is 2.43. The van der Waals surface area contributed by atoms with Crippen molar-refractivity contribution in [2.24, 2.45) is 0 Å². The third-order valence-electron chi connectivity index (χ3n) is 13.1. The molecule has 8 rings (SSSR count). The third-order valence-corrected chi connectivity index (χ3v) is 14.2. The summed E-state index contributed by atoms with van der Waals surface area (Å²) in [5, 5.41) is 22.5. The Hall–Kier alpha value is -4.61. The summed E-state index contributed by atoms with van der Waals surface area (Å²) < 4.78 is 76.8. The maximum atomic E-state index is 14.0. The molecule has 2 aromatic heterocycles. The Morgan fingerprint density at radius 1 is 0.468 bits per heavy atom. The minimum atomic E-state index is -0.631. The van der Waals surface area contributed by atoms with Gasteiger partial charge in [0, 0.05) is 39.6 Å². The lowest BCUT2D eigenvalue weighted by atomic mass is 9.49. The van der Waals surface area contributed by atoms with Crippen LogP contribution in [0.4, 0.5) is 13.2 Å². The Balaban J connectivity index is 0.000000259. The van der Waals surface area contributed by atoms with Gasteiger partial charge in [0.1, 0.15) is 17.5 Å². The van der Waals surface area contributed by atoms with Crippen molar-refractivity contribution in [1.29, 1.82) is 0 Å². The van der Waals surface area contributed by atoms with Crippen molar-refractivity contribution >= 4 is 103 Å². The lowest BCUT2D eigenvalue weighted by Gasteiger charge is -2.32. The summed E-state index contributed by atoms with van der Waals surface area (Å²) in [6.07, 6.45) is 0. The van der Waals surface area contributed by atoms with Gasteiger partial charge >= 0.3 is 21.1 Å². The first-order chi connectivity index (χ1) is 35.1. The van der Waals surface area contributed by atoms with Crippen LogP contribution < -0.4 is 21.4 Å². The van der Waals surface area contributed by atoms with Crippen LogP contribution in [0.3, 0.4) is 0 Å². The molecule has 3 saturated heterocycles. The van der Waals surface area contributed by atoms with Gasteiger partial charge in [0.2, 0.25) is 0 Å². The van der Waals surface area contributed by atoms with Gasteiger partial charge < -0.3 is 43.9 Å². The van der Waals surface area contributed by atoms with Gasteiger partial charge in [-0.15, -0.1) is 20.4 Å². The zero-order chi connectivity index (χ0) is 57.4. The highest BCUT2D eigenvalue weighted by atomic mass is 79.9. The third kappa shape index (κ3) is 17.2. The fraction of sp³-hybridized carbons (Fsp3) is 0.420. The molecular formula is C50H61B4BrCl3F3N7O9. The Labute approximate surface area is 474 Å². The Kier molecular flexibility index (Phi) is 23.4. The standard InChI is InChI=1S/C14H19BFNO3.C12H24B2O4.C12H9ClFN3O.C8H7BrFNO.C4H2Cl2N2.B/c1-13(2)14(3,4)20-15(19-13)9-6-7-10(11(16)8-9)12(18)17-5;1-9(2)10(3,4)16-13(15-9)14-17-11(5,6)12(7,8)18-14;1-15-12(18)8-3-2-7(6-9(8)14)10-4-5-11(13)17-16-10;1-11-8(12)6-3-2-5(9)4-7(6)10;5-3-1-2-4(6)8-7-3;/h6-8H,1-5H3,(H,17,18);1-8H3;2-6H,1H3,(H,15,18);2-4H,1H3,(H,11,12);1-2H;. The molecule has 77 heavy (non-hydrogen) atoms. The molecule has 3 fully saturated rings. The van der Waals surface area contributed by atoms with E-state index in [1.54, 1.807) is 42.5 Å². The van der Waals surface area contributed by atoms with Gasteiger partial charge in [-0.1, -0.05) is 62.9 Å². The van der Waals surface area contributed by atoms with E-state index < -0.39 is 67.5 Å². The predicted octanol–water partition coefficient (Wildman–Crippen LogP) is 9.38. The number of halogens is 7. The fourth-order valence-electron chi connectivity index (χ4n) is 6.55. The number of aromatic nitrogens is 4. The van der Waals surface area contributed by atoms with Crippen LogP contribution >= 0.6 is 50.7 Å². The van der Waals surface area contributed by atoms with E-state index >= 15 is 0 Å².